The van der Waals surface area contributed by atoms with Crippen molar-refractivity contribution in [3.63, 3.8) is 0 Å². The van der Waals surface area contributed by atoms with Crippen LogP contribution in [0.3, 0.4) is 0 Å². The van der Waals surface area contributed by atoms with Crippen LogP contribution < -0.4 is 0 Å². The predicted molar refractivity (Wildman–Crippen MR) is 270 cm³/mol. The summed E-state index contributed by atoms with van der Waals surface area (Å²) >= 11 is 0. The summed E-state index contributed by atoms with van der Waals surface area (Å²) in [5, 5.41) is 0. The van der Waals surface area contributed by atoms with Crippen LogP contribution in [0.2, 0.25) is 0 Å². The molecule has 0 aliphatic carbocycles. The van der Waals surface area contributed by atoms with Gasteiger partial charge in [-0.25, -0.2) is 0 Å². The van der Waals surface area contributed by atoms with Crippen LogP contribution in [-0.4, -0.2) is 37.2 Å². The molecule has 0 unspecified atom stereocenters. The van der Waals surface area contributed by atoms with E-state index in [4.69, 9.17) is 14.2 Å². The fourth-order valence-electron chi connectivity index (χ4n) is 8.65. The van der Waals surface area contributed by atoms with E-state index >= 15 is 0 Å². The maximum absolute atomic E-state index is 12.8. The summed E-state index contributed by atoms with van der Waals surface area (Å²) in [6, 6.07) is 0. The second kappa shape index (κ2) is 48.3. The topological polar surface area (TPSA) is 78.9 Å². The molecular weight excluding hydrogens is 781 g/mol. The molecule has 0 saturated carbocycles. The summed E-state index contributed by atoms with van der Waals surface area (Å²) in [5.74, 6) is 1.64. The van der Waals surface area contributed by atoms with Crippen molar-refractivity contribution in [2.75, 3.05) is 13.2 Å². The van der Waals surface area contributed by atoms with Gasteiger partial charge in [-0.15, -0.1) is 0 Å². The molecule has 0 bridgehead atoms. The van der Waals surface area contributed by atoms with Gasteiger partial charge in [0, 0.05) is 19.3 Å². The summed E-state index contributed by atoms with van der Waals surface area (Å²) in [7, 11) is 0. The van der Waals surface area contributed by atoms with Gasteiger partial charge in [-0.1, -0.05) is 273 Å². The van der Waals surface area contributed by atoms with Gasteiger partial charge in [0.05, 0.1) is 0 Å². The lowest BCUT2D eigenvalue weighted by Gasteiger charge is -2.18. The summed E-state index contributed by atoms with van der Waals surface area (Å²) in [4.78, 5) is 38.1. The second-order valence-corrected chi connectivity index (χ2v) is 21.0. The first kappa shape index (κ1) is 61.4. The van der Waals surface area contributed by atoms with E-state index in [1.807, 2.05) is 0 Å². The standard InChI is InChI=1S/C57H110O6/c1-51(2)43-37-31-25-19-13-11-9-7-8-10-12-14-22-28-34-40-46-55(58)61-49-54(63-57(60)48-42-36-30-24-18-16-21-27-33-39-45-53(5)6)50-62-56(59)47-41-35-29-23-17-15-20-26-32-38-44-52(3)4/h51-54H,7-50H2,1-6H3/t54-/m1/s1. The first-order valence-corrected chi connectivity index (χ1v) is 28.1. The van der Waals surface area contributed by atoms with E-state index in [-0.39, 0.29) is 31.1 Å². The van der Waals surface area contributed by atoms with E-state index in [1.54, 1.807) is 0 Å². The molecular formula is C57H110O6. The van der Waals surface area contributed by atoms with Crippen molar-refractivity contribution in [2.24, 2.45) is 17.8 Å². The van der Waals surface area contributed by atoms with Crippen LogP contribution in [0.25, 0.3) is 0 Å². The van der Waals surface area contributed by atoms with Gasteiger partial charge in [-0.3, -0.25) is 14.4 Å². The molecule has 0 aromatic carbocycles. The van der Waals surface area contributed by atoms with Gasteiger partial charge in [-0.2, -0.15) is 0 Å². The Bertz CT molecular complexity index is 976. The van der Waals surface area contributed by atoms with Crippen molar-refractivity contribution in [3.05, 3.63) is 0 Å². The maximum Gasteiger partial charge on any atom is 0.306 e. The molecule has 0 spiro atoms. The van der Waals surface area contributed by atoms with Crippen LogP contribution in [-0.2, 0) is 28.6 Å². The Morgan fingerprint density at radius 2 is 0.460 bits per heavy atom. The van der Waals surface area contributed by atoms with Gasteiger partial charge in [0.2, 0.25) is 0 Å². The molecule has 0 N–H and O–H groups in total. The molecule has 6 nitrogen and oxygen atoms in total. The van der Waals surface area contributed by atoms with E-state index in [9.17, 15) is 14.4 Å². The molecule has 0 heterocycles. The van der Waals surface area contributed by atoms with Gasteiger partial charge < -0.3 is 14.2 Å². The van der Waals surface area contributed by atoms with Crippen LogP contribution >= 0.6 is 0 Å². The SMILES string of the molecule is CC(C)CCCCCCCCCCCCCCCCCCC(=O)OC[C@H](COC(=O)CCCCCCCCCCCCC(C)C)OC(=O)CCCCCCCCCCCCC(C)C. The number of hydrogen-bond acceptors (Lipinski definition) is 6. The fourth-order valence-corrected chi connectivity index (χ4v) is 8.65. The lowest BCUT2D eigenvalue weighted by atomic mass is 10.0. The molecule has 0 aromatic rings. The Balaban J connectivity index is 4.27. The highest BCUT2D eigenvalue weighted by molar-refractivity contribution is 5.71. The third kappa shape index (κ3) is 51.3. The zero-order valence-electron chi connectivity index (χ0n) is 43.4. The third-order valence-corrected chi connectivity index (χ3v) is 12.9. The van der Waals surface area contributed by atoms with E-state index in [0.29, 0.717) is 19.3 Å². The fraction of sp³-hybridized carbons (Fsp3) is 0.947. The molecule has 0 rings (SSSR count). The molecule has 0 aliphatic rings. The van der Waals surface area contributed by atoms with Gasteiger partial charge in [-0.05, 0) is 37.0 Å². The van der Waals surface area contributed by atoms with Gasteiger partial charge in [0.1, 0.15) is 13.2 Å². The lowest BCUT2D eigenvalue weighted by Crippen LogP contribution is -2.30. The highest BCUT2D eigenvalue weighted by atomic mass is 16.6. The predicted octanol–water partition coefficient (Wildman–Crippen LogP) is 18.3. The summed E-state index contributed by atoms with van der Waals surface area (Å²) < 4.78 is 16.9. The Kier molecular flexibility index (Phi) is 47.1. The highest BCUT2D eigenvalue weighted by Crippen LogP contribution is 2.18. The summed E-state index contributed by atoms with van der Waals surface area (Å²) in [5.41, 5.74) is 0. The van der Waals surface area contributed by atoms with Crippen molar-refractivity contribution in [2.45, 2.75) is 317 Å². The van der Waals surface area contributed by atoms with Crippen LogP contribution in [0.1, 0.15) is 311 Å². The normalized spacial score (nSPS) is 12.1. The van der Waals surface area contributed by atoms with Crippen LogP contribution in [0.5, 0.6) is 0 Å². The largest absolute Gasteiger partial charge is 0.462 e. The monoisotopic (exact) mass is 891 g/mol. The van der Waals surface area contributed by atoms with Gasteiger partial charge in [0.25, 0.3) is 0 Å². The minimum absolute atomic E-state index is 0.0640. The minimum Gasteiger partial charge on any atom is -0.462 e. The number of carbonyl (C=O) groups excluding carboxylic acids is 3. The Hall–Kier alpha value is -1.59. The quantitative estimate of drug-likeness (QED) is 0.0344. The maximum atomic E-state index is 12.8. The summed E-state index contributed by atoms with van der Waals surface area (Å²) in [6.45, 7) is 13.7. The van der Waals surface area contributed by atoms with Crippen molar-refractivity contribution in [1.29, 1.82) is 0 Å². The van der Waals surface area contributed by atoms with Crippen molar-refractivity contribution in [3.8, 4) is 0 Å². The molecule has 0 aromatic heterocycles. The van der Waals surface area contributed by atoms with Crippen LogP contribution in [0.4, 0.5) is 0 Å². The first-order valence-electron chi connectivity index (χ1n) is 28.1. The van der Waals surface area contributed by atoms with Crippen molar-refractivity contribution in [1.82, 2.24) is 0 Å². The second-order valence-electron chi connectivity index (χ2n) is 21.0. The Morgan fingerprint density at radius 1 is 0.270 bits per heavy atom. The number of esters is 3. The zero-order chi connectivity index (χ0) is 46.3. The zero-order valence-corrected chi connectivity index (χ0v) is 43.4. The van der Waals surface area contributed by atoms with Gasteiger partial charge >= 0.3 is 17.9 Å². The van der Waals surface area contributed by atoms with E-state index in [1.165, 1.54) is 193 Å². The number of hydrogen-bond donors (Lipinski definition) is 0. The Labute approximate surface area is 393 Å². The van der Waals surface area contributed by atoms with Crippen molar-refractivity contribution < 1.29 is 28.6 Å². The smallest absolute Gasteiger partial charge is 0.306 e. The number of rotatable bonds is 50. The average molecular weight is 892 g/mol. The molecule has 0 saturated heterocycles. The van der Waals surface area contributed by atoms with Crippen LogP contribution in [0.15, 0.2) is 0 Å². The highest BCUT2D eigenvalue weighted by Gasteiger charge is 2.19. The van der Waals surface area contributed by atoms with E-state index in [0.717, 1.165) is 75.5 Å². The lowest BCUT2D eigenvalue weighted by molar-refractivity contribution is -0.167. The van der Waals surface area contributed by atoms with E-state index < -0.39 is 6.10 Å². The van der Waals surface area contributed by atoms with Crippen molar-refractivity contribution >= 4 is 17.9 Å². The molecule has 6 heteroatoms. The number of carbonyl (C=O) groups is 3. The van der Waals surface area contributed by atoms with E-state index in [2.05, 4.69) is 41.5 Å². The molecule has 374 valence electrons. The Morgan fingerprint density at radius 3 is 0.683 bits per heavy atom. The third-order valence-electron chi connectivity index (χ3n) is 12.9. The molecule has 63 heavy (non-hydrogen) atoms. The first-order chi connectivity index (χ1) is 30.6. The minimum atomic E-state index is -0.763. The van der Waals surface area contributed by atoms with Crippen LogP contribution in [0, 0.1) is 17.8 Å². The number of ether oxygens (including phenoxy) is 3. The molecule has 0 fully saturated rings. The molecule has 0 aliphatic heterocycles. The average Bonchev–Trinajstić information content (AvgIpc) is 3.24. The molecule has 1 atom stereocenters. The summed E-state index contributed by atoms with van der Waals surface area (Å²) in [6.07, 6.45) is 49.5. The molecule has 0 radical (unpaired) electrons. The van der Waals surface area contributed by atoms with Gasteiger partial charge in [0.15, 0.2) is 6.10 Å². The molecule has 0 amide bonds. The number of unbranched alkanes of at least 4 members (excludes halogenated alkanes) is 33.